The highest BCUT2D eigenvalue weighted by molar-refractivity contribution is 5.77. The second-order valence-electron chi connectivity index (χ2n) is 10.3. The average Bonchev–Trinajstić information content (AvgIpc) is 3.31. The van der Waals surface area contributed by atoms with Crippen molar-refractivity contribution >= 4 is 23.1 Å². The van der Waals surface area contributed by atoms with Gasteiger partial charge in [0.2, 0.25) is 0 Å². The number of amides is 1. The Labute approximate surface area is 217 Å². The average molecular weight is 500 g/mol. The number of anilines is 1. The van der Waals surface area contributed by atoms with E-state index in [1.165, 1.54) is 0 Å². The Balaban J connectivity index is 1.18. The predicted octanol–water partition coefficient (Wildman–Crippen LogP) is 6.02. The van der Waals surface area contributed by atoms with Crippen LogP contribution >= 0.6 is 0 Å². The van der Waals surface area contributed by atoms with E-state index in [9.17, 15) is 4.79 Å². The summed E-state index contributed by atoms with van der Waals surface area (Å²) in [5.74, 6) is 2.36. The molecule has 192 valence electrons. The summed E-state index contributed by atoms with van der Waals surface area (Å²) in [7, 11) is 0. The Morgan fingerprint density at radius 2 is 1.73 bits per heavy atom. The number of nitrogens with one attached hydrogen (secondary N) is 2. The minimum atomic E-state index is -0.480. The number of H-pyrrole nitrogens is 1. The number of hydrogen-bond donors (Lipinski definition) is 2. The van der Waals surface area contributed by atoms with Gasteiger partial charge in [-0.05, 0) is 75.6 Å². The van der Waals surface area contributed by atoms with Crippen LogP contribution in [0.3, 0.4) is 0 Å². The number of nitrogens with zero attached hydrogens (tertiary/aromatic N) is 3. The van der Waals surface area contributed by atoms with Gasteiger partial charge in [-0.15, -0.1) is 0 Å². The van der Waals surface area contributed by atoms with Gasteiger partial charge in [0.25, 0.3) is 0 Å². The van der Waals surface area contributed by atoms with E-state index in [-0.39, 0.29) is 12.1 Å². The summed E-state index contributed by atoms with van der Waals surface area (Å²) < 4.78 is 11.4. The molecule has 5 rings (SSSR count). The van der Waals surface area contributed by atoms with Gasteiger partial charge in [-0.1, -0.05) is 30.3 Å². The van der Waals surface area contributed by atoms with E-state index in [0.29, 0.717) is 25.3 Å². The Kier molecular flexibility index (Phi) is 6.99. The molecule has 3 heterocycles. The van der Waals surface area contributed by atoms with Gasteiger partial charge in [-0.25, -0.2) is 14.8 Å². The largest absolute Gasteiger partial charge is 0.489 e. The summed E-state index contributed by atoms with van der Waals surface area (Å²) in [6, 6.07) is 22.2. The summed E-state index contributed by atoms with van der Waals surface area (Å²) in [5.41, 5.74) is 3.16. The second-order valence-corrected chi connectivity index (χ2v) is 10.3. The Bertz CT molecular complexity index is 1340. The number of aromatic nitrogens is 3. The maximum atomic E-state index is 12.3. The first-order valence-corrected chi connectivity index (χ1v) is 12.7. The number of aromatic amines is 1. The van der Waals surface area contributed by atoms with Crippen molar-refractivity contribution in [1.29, 1.82) is 0 Å². The van der Waals surface area contributed by atoms with Crippen LogP contribution in [0.25, 0.3) is 22.6 Å². The molecule has 2 aromatic carbocycles. The monoisotopic (exact) mass is 499 g/mol. The van der Waals surface area contributed by atoms with Crippen molar-refractivity contribution < 1.29 is 14.3 Å². The van der Waals surface area contributed by atoms with Gasteiger partial charge in [0.05, 0.1) is 5.52 Å². The van der Waals surface area contributed by atoms with Crippen molar-refractivity contribution in [2.75, 3.05) is 18.4 Å². The van der Waals surface area contributed by atoms with Crippen LogP contribution in [-0.2, 0) is 11.3 Å². The lowest BCUT2D eigenvalue weighted by atomic mass is 10.1. The van der Waals surface area contributed by atoms with Gasteiger partial charge < -0.3 is 24.7 Å². The fourth-order valence-corrected chi connectivity index (χ4v) is 4.30. The van der Waals surface area contributed by atoms with E-state index in [1.807, 2.05) is 87.5 Å². The number of pyridine rings is 1. The van der Waals surface area contributed by atoms with Crippen molar-refractivity contribution in [1.82, 2.24) is 19.9 Å². The van der Waals surface area contributed by atoms with Gasteiger partial charge in [0.1, 0.15) is 29.6 Å². The molecule has 1 aliphatic heterocycles. The SMILES string of the molecule is CC(C)(C)OC(=O)N1CCC(Nc2ccc3[nH]c(-c4ccc(OCc5ccccc5)cc4)nc3n2)CC1. The zero-order valence-corrected chi connectivity index (χ0v) is 21.5. The zero-order valence-electron chi connectivity index (χ0n) is 21.5. The third-order valence-electron chi connectivity index (χ3n) is 6.22. The Morgan fingerprint density at radius 3 is 2.43 bits per heavy atom. The standard InChI is InChI=1S/C29H33N5O3/c1-29(2,3)37-28(35)34-17-15-22(16-18-34)30-25-14-13-24-27(32-25)33-26(31-24)21-9-11-23(12-10-21)36-19-20-7-5-4-6-8-20/h4-14,22H,15-19H2,1-3H3,(H2,30,31,32,33). The zero-order chi connectivity index (χ0) is 25.8. The molecule has 8 heteroatoms. The van der Waals surface area contributed by atoms with Crippen LogP contribution in [-0.4, -0.2) is 50.7 Å². The number of carbonyl (C=O) groups is 1. The number of rotatable bonds is 6. The van der Waals surface area contributed by atoms with Gasteiger partial charge in [-0.2, -0.15) is 0 Å². The highest BCUT2D eigenvalue weighted by atomic mass is 16.6. The van der Waals surface area contributed by atoms with Crippen LogP contribution < -0.4 is 10.1 Å². The topological polar surface area (TPSA) is 92.4 Å². The summed E-state index contributed by atoms with van der Waals surface area (Å²) >= 11 is 0. The van der Waals surface area contributed by atoms with Crippen LogP contribution in [0.1, 0.15) is 39.2 Å². The smallest absolute Gasteiger partial charge is 0.410 e. The molecule has 37 heavy (non-hydrogen) atoms. The number of hydrogen-bond acceptors (Lipinski definition) is 6. The highest BCUT2D eigenvalue weighted by Gasteiger charge is 2.27. The number of likely N-dealkylation sites (tertiary alicyclic amines) is 1. The number of benzene rings is 2. The molecule has 2 aromatic heterocycles. The molecule has 0 unspecified atom stereocenters. The lowest BCUT2D eigenvalue weighted by molar-refractivity contribution is 0.0210. The molecule has 1 aliphatic rings. The van der Waals surface area contributed by atoms with Crippen LogP contribution in [0.15, 0.2) is 66.7 Å². The van der Waals surface area contributed by atoms with Crippen molar-refractivity contribution in [3.63, 3.8) is 0 Å². The van der Waals surface area contributed by atoms with Crippen LogP contribution in [0.4, 0.5) is 10.6 Å². The van der Waals surface area contributed by atoms with E-state index in [4.69, 9.17) is 19.4 Å². The van der Waals surface area contributed by atoms with Gasteiger partial charge in [0, 0.05) is 24.7 Å². The molecule has 0 spiro atoms. The molecule has 2 N–H and O–H groups in total. The molecular weight excluding hydrogens is 466 g/mol. The molecule has 1 saturated heterocycles. The number of ether oxygens (including phenoxy) is 2. The lowest BCUT2D eigenvalue weighted by Crippen LogP contribution is -2.44. The van der Waals surface area contributed by atoms with Crippen molar-refractivity contribution in [3.8, 4) is 17.1 Å². The molecule has 0 atom stereocenters. The fraction of sp³-hybridized carbons (Fsp3) is 0.345. The molecule has 0 bridgehead atoms. The molecule has 8 nitrogen and oxygen atoms in total. The van der Waals surface area contributed by atoms with Crippen molar-refractivity contribution in [2.45, 2.75) is 51.9 Å². The van der Waals surface area contributed by atoms with Crippen molar-refractivity contribution in [3.05, 3.63) is 72.3 Å². The summed E-state index contributed by atoms with van der Waals surface area (Å²) in [4.78, 5) is 26.9. The highest BCUT2D eigenvalue weighted by Crippen LogP contribution is 2.24. The maximum absolute atomic E-state index is 12.3. The quantitative estimate of drug-likeness (QED) is 0.337. The van der Waals surface area contributed by atoms with Crippen LogP contribution in [0, 0.1) is 0 Å². The van der Waals surface area contributed by atoms with E-state index in [1.54, 1.807) is 4.90 Å². The summed E-state index contributed by atoms with van der Waals surface area (Å²) in [6.45, 7) is 7.51. The Morgan fingerprint density at radius 1 is 1.00 bits per heavy atom. The van der Waals surface area contributed by atoms with Gasteiger partial charge >= 0.3 is 6.09 Å². The van der Waals surface area contributed by atoms with Crippen molar-refractivity contribution in [2.24, 2.45) is 0 Å². The number of fused-ring (bicyclic) bond motifs is 1. The second kappa shape index (κ2) is 10.5. The van der Waals surface area contributed by atoms with Gasteiger partial charge in [-0.3, -0.25) is 0 Å². The van der Waals surface area contributed by atoms with Gasteiger partial charge in [0.15, 0.2) is 5.65 Å². The van der Waals surface area contributed by atoms with Crippen LogP contribution in [0.5, 0.6) is 5.75 Å². The number of carbonyl (C=O) groups excluding carboxylic acids is 1. The minimum absolute atomic E-state index is 0.241. The normalized spacial score (nSPS) is 14.5. The summed E-state index contributed by atoms with van der Waals surface area (Å²) in [5, 5.41) is 3.50. The molecule has 4 aromatic rings. The molecular formula is C29H33N5O3. The lowest BCUT2D eigenvalue weighted by Gasteiger charge is -2.33. The van der Waals surface area contributed by atoms with E-state index in [0.717, 1.165) is 46.9 Å². The minimum Gasteiger partial charge on any atom is -0.489 e. The predicted molar refractivity (Wildman–Crippen MR) is 145 cm³/mol. The maximum Gasteiger partial charge on any atom is 0.410 e. The van der Waals surface area contributed by atoms with Crippen LogP contribution in [0.2, 0.25) is 0 Å². The number of piperidine rings is 1. The van der Waals surface area contributed by atoms with E-state index < -0.39 is 5.60 Å². The molecule has 1 amide bonds. The first-order valence-electron chi connectivity index (χ1n) is 12.7. The molecule has 1 fully saturated rings. The first kappa shape index (κ1) is 24.6. The van der Waals surface area contributed by atoms with E-state index >= 15 is 0 Å². The molecule has 0 aliphatic carbocycles. The summed E-state index contributed by atoms with van der Waals surface area (Å²) in [6.07, 6.45) is 1.43. The third kappa shape index (κ3) is 6.39. The number of imidazole rings is 1. The fourth-order valence-electron chi connectivity index (χ4n) is 4.30. The Hall–Kier alpha value is -4.07. The third-order valence-corrected chi connectivity index (χ3v) is 6.22. The first-order chi connectivity index (χ1) is 17.8. The molecule has 0 saturated carbocycles. The molecule has 0 radical (unpaired) electrons. The van der Waals surface area contributed by atoms with E-state index in [2.05, 4.69) is 10.3 Å².